The lowest BCUT2D eigenvalue weighted by molar-refractivity contribution is 0.0257. The highest BCUT2D eigenvalue weighted by atomic mass is 14.9. The first-order valence-electron chi connectivity index (χ1n) is 8.75. The summed E-state index contributed by atoms with van der Waals surface area (Å²) in [6.07, 6.45) is 8.68. The fraction of sp³-hybridized carbons (Fsp3) is 0.700. The van der Waals surface area contributed by atoms with Gasteiger partial charge < -0.3 is 5.32 Å². The van der Waals surface area contributed by atoms with Crippen molar-refractivity contribution in [3.05, 3.63) is 34.9 Å². The quantitative estimate of drug-likeness (QED) is 0.830. The summed E-state index contributed by atoms with van der Waals surface area (Å²) in [4.78, 5) is 0. The first kappa shape index (κ1) is 15.1. The van der Waals surface area contributed by atoms with Crippen LogP contribution in [0.1, 0.15) is 69.1 Å². The van der Waals surface area contributed by atoms with E-state index in [0.29, 0.717) is 16.9 Å². The Kier molecular flexibility index (Phi) is 3.90. The summed E-state index contributed by atoms with van der Waals surface area (Å²) < 4.78 is 0. The van der Waals surface area contributed by atoms with Gasteiger partial charge in [0.05, 0.1) is 0 Å². The van der Waals surface area contributed by atoms with Crippen molar-refractivity contribution in [1.29, 1.82) is 0 Å². The smallest absolute Gasteiger partial charge is 0.00886 e. The van der Waals surface area contributed by atoms with Gasteiger partial charge in [-0.2, -0.15) is 0 Å². The first-order chi connectivity index (χ1) is 9.93. The van der Waals surface area contributed by atoms with Crippen LogP contribution < -0.4 is 5.32 Å². The normalized spacial score (nSPS) is 22.7. The Morgan fingerprint density at radius 1 is 1.00 bits per heavy atom. The molecule has 1 aromatic carbocycles. The first-order valence-corrected chi connectivity index (χ1v) is 8.75. The fourth-order valence-corrected chi connectivity index (χ4v) is 4.97. The Hall–Kier alpha value is -0.820. The number of benzene rings is 1. The molecular formula is C20H31N. The molecule has 0 heterocycles. The highest BCUT2D eigenvalue weighted by Gasteiger charge is 2.55. The average Bonchev–Trinajstić information content (AvgIpc) is 2.82. The minimum Gasteiger partial charge on any atom is -0.314 e. The van der Waals surface area contributed by atoms with Crippen LogP contribution >= 0.6 is 0 Å². The fourth-order valence-electron chi connectivity index (χ4n) is 4.97. The van der Waals surface area contributed by atoms with Crippen LogP contribution in [0.3, 0.4) is 0 Å². The molecule has 1 N–H and O–H groups in total. The van der Waals surface area contributed by atoms with Crippen LogP contribution in [0.25, 0.3) is 0 Å². The number of hydrogen-bond donors (Lipinski definition) is 1. The summed E-state index contributed by atoms with van der Waals surface area (Å²) in [7, 11) is 0. The second-order valence-electron chi connectivity index (χ2n) is 8.25. The van der Waals surface area contributed by atoms with Gasteiger partial charge >= 0.3 is 0 Å². The molecule has 0 aromatic heterocycles. The summed E-state index contributed by atoms with van der Waals surface area (Å²) in [5, 5.41) is 3.73. The van der Waals surface area contributed by atoms with Crippen LogP contribution in [0, 0.1) is 19.3 Å². The van der Waals surface area contributed by atoms with Gasteiger partial charge in [0, 0.05) is 18.0 Å². The average molecular weight is 285 g/mol. The second-order valence-corrected chi connectivity index (χ2v) is 8.25. The predicted molar refractivity (Wildman–Crippen MR) is 90.9 cm³/mol. The van der Waals surface area contributed by atoms with E-state index in [4.69, 9.17) is 0 Å². The summed E-state index contributed by atoms with van der Waals surface area (Å²) in [5.41, 5.74) is 5.51. The molecule has 0 unspecified atom stereocenters. The highest BCUT2D eigenvalue weighted by molar-refractivity contribution is 5.38. The Balaban J connectivity index is 1.86. The van der Waals surface area contributed by atoms with Crippen LogP contribution in [0.15, 0.2) is 18.2 Å². The Morgan fingerprint density at radius 3 is 2.10 bits per heavy atom. The molecule has 21 heavy (non-hydrogen) atoms. The maximum atomic E-state index is 3.73. The molecule has 0 saturated heterocycles. The minimum atomic E-state index is 0.394. The van der Waals surface area contributed by atoms with Crippen molar-refractivity contribution in [1.82, 2.24) is 5.32 Å². The van der Waals surface area contributed by atoms with Crippen LogP contribution in [-0.4, -0.2) is 12.6 Å². The maximum Gasteiger partial charge on any atom is 0.00886 e. The van der Waals surface area contributed by atoms with E-state index in [1.165, 1.54) is 49.7 Å². The van der Waals surface area contributed by atoms with E-state index < -0.39 is 0 Å². The standard InChI is InChI=1S/C20H31N/c1-15(2)21-14-20(12-19(13-20)7-5-6-8-19)18-10-16(3)9-17(4)11-18/h9-11,15,21H,5-8,12-14H2,1-4H3. The van der Waals surface area contributed by atoms with E-state index in [2.05, 4.69) is 51.2 Å². The minimum absolute atomic E-state index is 0.394. The highest BCUT2D eigenvalue weighted by Crippen LogP contribution is 2.62. The number of nitrogens with one attached hydrogen (secondary N) is 1. The van der Waals surface area contributed by atoms with E-state index in [9.17, 15) is 0 Å². The molecule has 0 radical (unpaired) electrons. The summed E-state index contributed by atoms with van der Waals surface area (Å²) in [6.45, 7) is 10.2. The van der Waals surface area contributed by atoms with Crippen molar-refractivity contribution in [2.45, 2.75) is 77.7 Å². The van der Waals surface area contributed by atoms with Gasteiger partial charge in [-0.1, -0.05) is 56.0 Å². The second kappa shape index (κ2) is 5.43. The topological polar surface area (TPSA) is 12.0 Å². The molecule has 1 heteroatoms. The number of hydrogen-bond acceptors (Lipinski definition) is 1. The third-order valence-electron chi connectivity index (χ3n) is 5.77. The number of rotatable bonds is 4. The SMILES string of the molecule is Cc1cc(C)cc(C2(CNC(C)C)CC3(CCCC3)C2)c1. The van der Waals surface area contributed by atoms with Gasteiger partial charge in [0.2, 0.25) is 0 Å². The summed E-state index contributed by atoms with van der Waals surface area (Å²) in [5.74, 6) is 0. The van der Waals surface area contributed by atoms with Gasteiger partial charge in [0.15, 0.2) is 0 Å². The van der Waals surface area contributed by atoms with Gasteiger partial charge in [-0.15, -0.1) is 0 Å². The molecule has 2 aliphatic rings. The Morgan fingerprint density at radius 2 is 1.57 bits per heavy atom. The van der Waals surface area contributed by atoms with E-state index >= 15 is 0 Å². The third kappa shape index (κ3) is 2.90. The van der Waals surface area contributed by atoms with Gasteiger partial charge in [-0.25, -0.2) is 0 Å². The molecule has 0 amide bonds. The largest absolute Gasteiger partial charge is 0.314 e. The third-order valence-corrected chi connectivity index (χ3v) is 5.77. The van der Waals surface area contributed by atoms with Crippen molar-refractivity contribution in [3.8, 4) is 0 Å². The van der Waals surface area contributed by atoms with Gasteiger partial charge in [0.1, 0.15) is 0 Å². The molecule has 2 fully saturated rings. The van der Waals surface area contributed by atoms with Crippen LogP contribution in [0.5, 0.6) is 0 Å². The monoisotopic (exact) mass is 285 g/mol. The zero-order valence-corrected chi connectivity index (χ0v) is 14.3. The van der Waals surface area contributed by atoms with E-state index in [0.717, 1.165) is 6.54 Å². The molecular weight excluding hydrogens is 254 g/mol. The summed E-state index contributed by atoms with van der Waals surface area (Å²) >= 11 is 0. The zero-order valence-electron chi connectivity index (χ0n) is 14.3. The van der Waals surface area contributed by atoms with Crippen molar-refractivity contribution in [2.75, 3.05) is 6.54 Å². The lowest BCUT2D eigenvalue weighted by Gasteiger charge is -2.56. The van der Waals surface area contributed by atoms with Crippen molar-refractivity contribution < 1.29 is 0 Å². The molecule has 1 aromatic rings. The Bertz CT molecular complexity index is 480. The van der Waals surface area contributed by atoms with Gasteiger partial charge in [0.25, 0.3) is 0 Å². The predicted octanol–water partition coefficient (Wildman–Crippen LogP) is 4.89. The Labute approximate surface area is 130 Å². The van der Waals surface area contributed by atoms with Crippen LogP contribution in [-0.2, 0) is 5.41 Å². The molecule has 0 atom stereocenters. The van der Waals surface area contributed by atoms with Crippen molar-refractivity contribution in [2.24, 2.45) is 5.41 Å². The van der Waals surface area contributed by atoms with E-state index in [1.54, 1.807) is 5.56 Å². The van der Waals surface area contributed by atoms with E-state index in [1.807, 2.05) is 0 Å². The summed E-state index contributed by atoms with van der Waals surface area (Å²) in [6, 6.07) is 7.76. The maximum absolute atomic E-state index is 3.73. The lowest BCUT2D eigenvalue weighted by atomic mass is 9.49. The molecule has 1 spiro atoms. The van der Waals surface area contributed by atoms with Crippen molar-refractivity contribution in [3.63, 3.8) is 0 Å². The molecule has 2 aliphatic carbocycles. The molecule has 3 rings (SSSR count). The molecule has 0 bridgehead atoms. The zero-order chi connectivity index (χ0) is 15.1. The molecule has 1 nitrogen and oxygen atoms in total. The number of aryl methyl sites for hydroxylation is 2. The van der Waals surface area contributed by atoms with E-state index in [-0.39, 0.29) is 0 Å². The lowest BCUT2D eigenvalue weighted by Crippen LogP contribution is -2.54. The molecule has 0 aliphatic heterocycles. The molecule has 116 valence electrons. The van der Waals surface area contributed by atoms with Gasteiger partial charge in [-0.05, 0) is 50.5 Å². The molecule has 2 saturated carbocycles. The van der Waals surface area contributed by atoms with Crippen LogP contribution in [0.2, 0.25) is 0 Å². The van der Waals surface area contributed by atoms with Gasteiger partial charge in [-0.3, -0.25) is 0 Å². The van der Waals surface area contributed by atoms with Crippen LogP contribution in [0.4, 0.5) is 0 Å². The van der Waals surface area contributed by atoms with Crippen molar-refractivity contribution >= 4 is 0 Å².